The van der Waals surface area contributed by atoms with E-state index in [1.807, 2.05) is 35.1 Å². The van der Waals surface area contributed by atoms with Crippen LogP contribution >= 0.6 is 11.6 Å². The molecule has 120 valence electrons. The summed E-state index contributed by atoms with van der Waals surface area (Å²) in [5.41, 5.74) is 2.86. The second-order valence-electron chi connectivity index (χ2n) is 6.07. The number of halogens is 1. The second kappa shape index (κ2) is 5.98. The summed E-state index contributed by atoms with van der Waals surface area (Å²) in [6.07, 6.45) is 8.05. The van der Waals surface area contributed by atoms with Crippen LogP contribution in [0.15, 0.2) is 30.7 Å². The number of imidazole rings is 1. The Morgan fingerprint density at radius 3 is 2.91 bits per heavy atom. The number of aliphatic hydroxyl groups is 1. The van der Waals surface area contributed by atoms with Crippen molar-refractivity contribution in [2.75, 3.05) is 18.1 Å². The molecule has 0 bridgehead atoms. The lowest BCUT2D eigenvalue weighted by Crippen LogP contribution is -2.41. The minimum Gasteiger partial charge on any atom is -0.396 e. The Morgan fingerprint density at radius 1 is 1.30 bits per heavy atom. The number of aliphatic hydroxyl groups excluding tert-OH is 1. The third kappa shape index (κ3) is 2.54. The lowest BCUT2D eigenvalue weighted by Gasteiger charge is -2.38. The van der Waals surface area contributed by atoms with Gasteiger partial charge < -0.3 is 10.0 Å². The van der Waals surface area contributed by atoms with E-state index in [0.29, 0.717) is 11.1 Å². The molecule has 0 amide bonds. The highest BCUT2D eigenvalue weighted by Gasteiger charge is 2.27. The van der Waals surface area contributed by atoms with Gasteiger partial charge in [-0.25, -0.2) is 9.97 Å². The summed E-state index contributed by atoms with van der Waals surface area (Å²) in [7, 11) is 0. The van der Waals surface area contributed by atoms with Crippen LogP contribution < -0.4 is 4.90 Å². The molecule has 0 atom stereocenters. The monoisotopic (exact) mass is 330 g/mol. The van der Waals surface area contributed by atoms with Crippen LogP contribution in [0.3, 0.4) is 0 Å². The quantitative estimate of drug-likeness (QED) is 0.780. The molecule has 2 aromatic heterocycles. The first-order valence-corrected chi connectivity index (χ1v) is 8.44. The highest BCUT2D eigenvalue weighted by Crippen LogP contribution is 2.33. The third-order valence-electron chi connectivity index (χ3n) is 4.64. The maximum Gasteiger partial charge on any atom is 0.155 e. The first kappa shape index (κ1) is 14.7. The molecule has 6 heteroatoms. The van der Waals surface area contributed by atoms with Crippen molar-refractivity contribution in [1.82, 2.24) is 14.4 Å². The van der Waals surface area contributed by atoms with Crippen molar-refractivity contribution >= 4 is 34.0 Å². The SMILES string of the molecule is OCCCN(c1nc2ccc(Cl)cc2n2cncc12)C1CCC1. The minimum absolute atomic E-state index is 0.196. The summed E-state index contributed by atoms with van der Waals surface area (Å²) in [6, 6.07) is 6.25. The van der Waals surface area contributed by atoms with Crippen LogP contribution in [-0.4, -0.2) is 38.7 Å². The summed E-state index contributed by atoms with van der Waals surface area (Å²) >= 11 is 6.14. The molecule has 0 radical (unpaired) electrons. The topological polar surface area (TPSA) is 53.7 Å². The number of aromatic nitrogens is 3. The van der Waals surface area contributed by atoms with Crippen molar-refractivity contribution in [2.45, 2.75) is 31.7 Å². The van der Waals surface area contributed by atoms with Gasteiger partial charge in [-0.1, -0.05) is 11.6 Å². The summed E-state index contributed by atoms with van der Waals surface area (Å²) in [5.74, 6) is 0.954. The Balaban J connectivity index is 1.89. The van der Waals surface area contributed by atoms with Crippen molar-refractivity contribution in [3.8, 4) is 0 Å². The maximum absolute atomic E-state index is 9.23. The Labute approximate surface area is 139 Å². The van der Waals surface area contributed by atoms with E-state index in [4.69, 9.17) is 16.6 Å². The average Bonchev–Trinajstić information content (AvgIpc) is 2.99. The Morgan fingerprint density at radius 2 is 2.17 bits per heavy atom. The van der Waals surface area contributed by atoms with Gasteiger partial charge in [0.1, 0.15) is 5.52 Å². The molecule has 3 aromatic rings. The Kier molecular flexibility index (Phi) is 3.83. The lowest BCUT2D eigenvalue weighted by atomic mass is 9.91. The number of nitrogens with zero attached hydrogens (tertiary/aromatic N) is 4. The van der Waals surface area contributed by atoms with Crippen molar-refractivity contribution in [3.05, 3.63) is 35.7 Å². The molecule has 4 rings (SSSR count). The standard InChI is InChI=1S/C17H19ClN4O/c18-12-5-6-14-15(9-12)22-11-19-10-16(22)17(20-14)21(7-2-8-23)13-3-1-4-13/h5-6,9-11,13,23H,1-4,7-8H2. The summed E-state index contributed by atoms with van der Waals surface area (Å²) in [6.45, 7) is 1.01. The third-order valence-corrected chi connectivity index (χ3v) is 4.87. The number of hydrogen-bond acceptors (Lipinski definition) is 4. The molecule has 23 heavy (non-hydrogen) atoms. The number of benzene rings is 1. The van der Waals surface area contributed by atoms with Gasteiger partial charge in [-0.15, -0.1) is 0 Å². The van der Waals surface area contributed by atoms with E-state index in [-0.39, 0.29) is 6.61 Å². The average molecular weight is 331 g/mol. The number of hydrogen-bond donors (Lipinski definition) is 1. The van der Waals surface area contributed by atoms with E-state index >= 15 is 0 Å². The highest BCUT2D eigenvalue weighted by molar-refractivity contribution is 6.31. The first-order chi connectivity index (χ1) is 11.3. The zero-order chi connectivity index (χ0) is 15.8. The van der Waals surface area contributed by atoms with E-state index < -0.39 is 0 Å². The van der Waals surface area contributed by atoms with Gasteiger partial charge in [0.25, 0.3) is 0 Å². The smallest absolute Gasteiger partial charge is 0.155 e. The number of fused-ring (bicyclic) bond motifs is 3. The van der Waals surface area contributed by atoms with E-state index in [1.165, 1.54) is 19.3 Å². The summed E-state index contributed by atoms with van der Waals surface area (Å²) in [4.78, 5) is 11.5. The van der Waals surface area contributed by atoms with Gasteiger partial charge in [-0.2, -0.15) is 0 Å². The zero-order valence-corrected chi connectivity index (χ0v) is 13.6. The van der Waals surface area contributed by atoms with Crippen LogP contribution in [0.5, 0.6) is 0 Å². The fourth-order valence-electron chi connectivity index (χ4n) is 3.22. The van der Waals surface area contributed by atoms with Crippen molar-refractivity contribution in [2.24, 2.45) is 0 Å². The van der Waals surface area contributed by atoms with Gasteiger partial charge in [0.15, 0.2) is 5.82 Å². The van der Waals surface area contributed by atoms with Crippen LogP contribution in [0, 0.1) is 0 Å². The minimum atomic E-state index is 0.196. The largest absolute Gasteiger partial charge is 0.396 e. The van der Waals surface area contributed by atoms with E-state index in [1.54, 1.807) is 0 Å². The van der Waals surface area contributed by atoms with Crippen molar-refractivity contribution in [3.63, 3.8) is 0 Å². The molecule has 0 spiro atoms. The Hall–Kier alpha value is -1.85. The summed E-state index contributed by atoms with van der Waals surface area (Å²) < 4.78 is 2.05. The van der Waals surface area contributed by atoms with Gasteiger partial charge in [-0.05, 0) is 43.9 Å². The lowest BCUT2D eigenvalue weighted by molar-refractivity contribution is 0.282. The first-order valence-electron chi connectivity index (χ1n) is 8.07. The van der Waals surface area contributed by atoms with Gasteiger partial charge in [0.2, 0.25) is 0 Å². The second-order valence-corrected chi connectivity index (χ2v) is 6.51. The predicted octanol–water partition coefficient (Wildman–Crippen LogP) is 3.28. The molecule has 1 fully saturated rings. The fourth-order valence-corrected chi connectivity index (χ4v) is 3.39. The fraction of sp³-hybridized carbons (Fsp3) is 0.412. The van der Waals surface area contributed by atoms with Crippen LogP contribution in [0.2, 0.25) is 5.02 Å². The summed E-state index contributed by atoms with van der Waals surface area (Å²) in [5, 5.41) is 9.92. The highest BCUT2D eigenvalue weighted by atomic mass is 35.5. The molecule has 1 aromatic carbocycles. The molecule has 5 nitrogen and oxygen atoms in total. The maximum atomic E-state index is 9.23. The molecular formula is C17H19ClN4O. The van der Waals surface area contributed by atoms with Crippen LogP contribution in [-0.2, 0) is 0 Å². The molecule has 0 aliphatic heterocycles. The van der Waals surface area contributed by atoms with Crippen molar-refractivity contribution < 1.29 is 5.11 Å². The zero-order valence-electron chi connectivity index (χ0n) is 12.8. The molecular weight excluding hydrogens is 312 g/mol. The molecule has 1 aliphatic rings. The Bertz CT molecular complexity index is 843. The van der Waals surface area contributed by atoms with Crippen LogP contribution in [0.25, 0.3) is 16.6 Å². The van der Waals surface area contributed by atoms with E-state index in [0.717, 1.165) is 35.3 Å². The normalized spacial score (nSPS) is 15.2. The van der Waals surface area contributed by atoms with Crippen molar-refractivity contribution in [1.29, 1.82) is 0 Å². The predicted molar refractivity (Wildman–Crippen MR) is 92.2 cm³/mol. The number of rotatable bonds is 5. The number of anilines is 1. The molecule has 2 heterocycles. The molecule has 1 saturated carbocycles. The van der Waals surface area contributed by atoms with E-state index in [9.17, 15) is 5.11 Å². The van der Waals surface area contributed by atoms with Crippen LogP contribution in [0.4, 0.5) is 5.82 Å². The van der Waals surface area contributed by atoms with Gasteiger partial charge in [0.05, 0.1) is 23.6 Å². The molecule has 0 saturated heterocycles. The van der Waals surface area contributed by atoms with E-state index in [2.05, 4.69) is 9.88 Å². The molecule has 1 N–H and O–H groups in total. The van der Waals surface area contributed by atoms with Gasteiger partial charge >= 0.3 is 0 Å². The van der Waals surface area contributed by atoms with Gasteiger partial charge in [-0.3, -0.25) is 4.40 Å². The van der Waals surface area contributed by atoms with Gasteiger partial charge in [0, 0.05) is 24.2 Å². The van der Waals surface area contributed by atoms with Crippen LogP contribution in [0.1, 0.15) is 25.7 Å². The molecule has 1 aliphatic carbocycles. The molecule has 0 unspecified atom stereocenters.